The van der Waals surface area contributed by atoms with Crippen molar-refractivity contribution in [3.8, 4) is 11.4 Å². The van der Waals surface area contributed by atoms with Gasteiger partial charge in [-0.15, -0.1) is 0 Å². The molecule has 0 saturated heterocycles. The predicted molar refractivity (Wildman–Crippen MR) is 64.3 cm³/mol. The molecule has 1 heterocycles. The highest BCUT2D eigenvalue weighted by Gasteiger charge is 2.11. The normalized spacial score (nSPS) is 10.5. The second-order valence-electron chi connectivity index (χ2n) is 3.95. The second kappa shape index (κ2) is 4.00. The molecule has 0 radical (unpaired) electrons. The minimum Gasteiger partial charge on any atom is -0.494 e. The summed E-state index contributed by atoms with van der Waals surface area (Å²) in [5.74, 6) is 0.883. The fourth-order valence-electron chi connectivity index (χ4n) is 1.80. The van der Waals surface area contributed by atoms with Gasteiger partial charge < -0.3 is 4.74 Å². The molecule has 0 spiro atoms. The number of hydrogen-bond acceptors (Lipinski definition) is 2. The van der Waals surface area contributed by atoms with E-state index in [0.29, 0.717) is 0 Å². The van der Waals surface area contributed by atoms with Crippen molar-refractivity contribution >= 4 is 0 Å². The first-order chi connectivity index (χ1) is 7.65. The Morgan fingerprint density at radius 3 is 2.44 bits per heavy atom. The highest BCUT2D eigenvalue weighted by Crippen LogP contribution is 2.27. The third-order valence-corrected chi connectivity index (χ3v) is 2.88. The quantitative estimate of drug-likeness (QED) is 0.771. The second-order valence-corrected chi connectivity index (χ2v) is 3.95. The Labute approximate surface area is 95.7 Å². The highest BCUT2D eigenvalue weighted by molar-refractivity contribution is 5.52. The van der Waals surface area contributed by atoms with Crippen molar-refractivity contribution < 1.29 is 4.74 Å². The monoisotopic (exact) mass is 216 g/mol. The minimum absolute atomic E-state index is 0.883. The van der Waals surface area contributed by atoms with E-state index in [1.54, 1.807) is 7.11 Å². The maximum atomic E-state index is 5.43. The molecule has 2 aromatic rings. The Hall–Kier alpha value is -1.77. The van der Waals surface area contributed by atoms with Crippen molar-refractivity contribution in [2.75, 3.05) is 7.11 Å². The zero-order valence-electron chi connectivity index (χ0n) is 10.1. The number of rotatable bonds is 2. The van der Waals surface area contributed by atoms with Crippen molar-refractivity contribution in [1.29, 1.82) is 0 Å². The van der Waals surface area contributed by atoms with Crippen LogP contribution in [0.5, 0.6) is 5.75 Å². The van der Waals surface area contributed by atoms with Gasteiger partial charge in [0.25, 0.3) is 0 Å². The van der Waals surface area contributed by atoms with Gasteiger partial charge in [-0.1, -0.05) is 12.1 Å². The van der Waals surface area contributed by atoms with Crippen molar-refractivity contribution in [3.05, 3.63) is 41.2 Å². The molecule has 16 heavy (non-hydrogen) atoms. The average molecular weight is 216 g/mol. The summed E-state index contributed by atoms with van der Waals surface area (Å²) in [5.41, 5.74) is 4.44. The van der Waals surface area contributed by atoms with E-state index in [0.717, 1.165) is 22.7 Å². The molecule has 1 aromatic carbocycles. The smallest absolute Gasteiger partial charge is 0.147 e. The molecule has 2 rings (SSSR count). The maximum absolute atomic E-state index is 5.43. The number of nitrogens with zero attached hydrogens (tertiary/aromatic N) is 2. The van der Waals surface area contributed by atoms with Crippen LogP contribution in [0.25, 0.3) is 5.69 Å². The molecular formula is C13H16N2O. The lowest BCUT2D eigenvalue weighted by molar-refractivity contribution is 0.408. The minimum atomic E-state index is 0.883. The van der Waals surface area contributed by atoms with Crippen molar-refractivity contribution in [2.24, 2.45) is 0 Å². The third kappa shape index (κ3) is 1.58. The van der Waals surface area contributed by atoms with E-state index in [2.05, 4.69) is 18.9 Å². The Kier molecular flexibility index (Phi) is 2.69. The van der Waals surface area contributed by atoms with E-state index in [-0.39, 0.29) is 0 Å². The van der Waals surface area contributed by atoms with Crippen LogP contribution in [0.3, 0.4) is 0 Å². The van der Waals surface area contributed by atoms with Crippen LogP contribution >= 0.6 is 0 Å². The molecule has 0 N–H and O–H groups in total. The van der Waals surface area contributed by atoms with Crippen LogP contribution in [-0.2, 0) is 0 Å². The fraction of sp³-hybridized carbons (Fsp3) is 0.308. The van der Waals surface area contributed by atoms with Gasteiger partial charge in [0.1, 0.15) is 11.4 Å². The first-order valence-electron chi connectivity index (χ1n) is 5.30. The number of para-hydroxylation sites is 1. The fourth-order valence-corrected chi connectivity index (χ4v) is 1.80. The molecule has 0 aliphatic carbocycles. The number of hydrogen-bond donors (Lipinski definition) is 0. The molecule has 0 fully saturated rings. The lowest BCUT2D eigenvalue weighted by atomic mass is 10.2. The molecule has 84 valence electrons. The van der Waals surface area contributed by atoms with Gasteiger partial charge in [-0.2, -0.15) is 5.10 Å². The summed E-state index contributed by atoms with van der Waals surface area (Å²) < 4.78 is 7.35. The number of aryl methyl sites for hydroxylation is 2. The Morgan fingerprint density at radius 1 is 1.12 bits per heavy atom. The predicted octanol–water partition coefficient (Wildman–Crippen LogP) is 2.81. The molecule has 0 aliphatic heterocycles. The summed E-state index contributed by atoms with van der Waals surface area (Å²) in [6, 6.07) is 6.07. The number of aromatic nitrogens is 2. The number of methoxy groups -OCH3 is 1. The van der Waals surface area contributed by atoms with Crippen molar-refractivity contribution in [3.63, 3.8) is 0 Å². The van der Waals surface area contributed by atoms with E-state index in [1.807, 2.05) is 36.0 Å². The molecule has 0 saturated carbocycles. The van der Waals surface area contributed by atoms with Crippen LogP contribution in [-0.4, -0.2) is 16.9 Å². The summed E-state index contributed by atoms with van der Waals surface area (Å²) in [6.07, 6.45) is 1.87. The van der Waals surface area contributed by atoms with Crippen molar-refractivity contribution in [1.82, 2.24) is 9.78 Å². The van der Waals surface area contributed by atoms with E-state index in [1.165, 1.54) is 5.56 Å². The Bertz CT molecular complexity index is 515. The highest BCUT2D eigenvalue weighted by atomic mass is 16.5. The summed E-state index contributed by atoms with van der Waals surface area (Å²) in [5, 5.41) is 4.37. The molecule has 0 bridgehead atoms. The summed E-state index contributed by atoms with van der Waals surface area (Å²) >= 11 is 0. The van der Waals surface area contributed by atoms with Crippen LogP contribution < -0.4 is 4.74 Å². The molecule has 3 heteroatoms. The van der Waals surface area contributed by atoms with Gasteiger partial charge in [0.2, 0.25) is 0 Å². The number of benzene rings is 1. The summed E-state index contributed by atoms with van der Waals surface area (Å²) in [6.45, 7) is 6.15. The Balaban J connectivity index is 2.64. The van der Waals surface area contributed by atoms with Crippen LogP contribution in [0.2, 0.25) is 0 Å². The molecule has 0 aliphatic rings. The van der Waals surface area contributed by atoms with E-state index in [9.17, 15) is 0 Å². The van der Waals surface area contributed by atoms with Gasteiger partial charge in [0.05, 0.1) is 13.3 Å². The van der Waals surface area contributed by atoms with Crippen LogP contribution in [0.4, 0.5) is 0 Å². The van der Waals surface area contributed by atoms with Gasteiger partial charge in [0.15, 0.2) is 0 Å². The lowest BCUT2D eigenvalue weighted by Gasteiger charge is -2.12. The van der Waals surface area contributed by atoms with Crippen molar-refractivity contribution in [2.45, 2.75) is 20.8 Å². The van der Waals surface area contributed by atoms with Gasteiger partial charge in [0, 0.05) is 5.69 Å². The topological polar surface area (TPSA) is 27.1 Å². The first-order valence-corrected chi connectivity index (χ1v) is 5.30. The summed E-state index contributed by atoms with van der Waals surface area (Å²) in [7, 11) is 1.69. The zero-order valence-corrected chi connectivity index (χ0v) is 10.1. The van der Waals surface area contributed by atoms with Crippen LogP contribution in [0.15, 0.2) is 24.4 Å². The largest absolute Gasteiger partial charge is 0.494 e. The molecule has 1 aromatic heterocycles. The molecular weight excluding hydrogens is 200 g/mol. The van der Waals surface area contributed by atoms with E-state index in [4.69, 9.17) is 4.74 Å². The zero-order chi connectivity index (χ0) is 11.7. The van der Waals surface area contributed by atoms with E-state index >= 15 is 0 Å². The van der Waals surface area contributed by atoms with Gasteiger partial charge in [-0.3, -0.25) is 0 Å². The first kappa shape index (κ1) is 10.7. The van der Waals surface area contributed by atoms with Gasteiger partial charge >= 0.3 is 0 Å². The number of ether oxygens (including phenoxy) is 1. The standard InChI is InChI=1S/C13H16N2O/c1-9-6-5-7-12(13(9)16-4)15-11(3)10(2)8-14-15/h5-8H,1-4H3. The van der Waals surface area contributed by atoms with Gasteiger partial charge in [-0.05, 0) is 38.0 Å². The molecule has 0 unspecified atom stereocenters. The SMILES string of the molecule is COc1c(C)cccc1-n1ncc(C)c1C. The lowest BCUT2D eigenvalue weighted by Crippen LogP contribution is -2.03. The molecule has 0 atom stereocenters. The molecule has 3 nitrogen and oxygen atoms in total. The van der Waals surface area contributed by atoms with Crippen LogP contribution in [0.1, 0.15) is 16.8 Å². The van der Waals surface area contributed by atoms with E-state index < -0.39 is 0 Å². The third-order valence-electron chi connectivity index (χ3n) is 2.88. The molecule has 0 amide bonds. The Morgan fingerprint density at radius 2 is 1.88 bits per heavy atom. The summed E-state index contributed by atoms with van der Waals surface area (Å²) in [4.78, 5) is 0. The maximum Gasteiger partial charge on any atom is 0.147 e. The average Bonchev–Trinajstić information content (AvgIpc) is 2.59. The van der Waals surface area contributed by atoms with Gasteiger partial charge in [-0.25, -0.2) is 4.68 Å². The van der Waals surface area contributed by atoms with Crippen LogP contribution in [0, 0.1) is 20.8 Å².